The SMILES string of the molecule is COc1ccc(/C(C)=N\N=C2\NC(=O)[C@@H](CC(=O)O)S2)cc1. The maximum absolute atomic E-state index is 11.6. The van der Waals surface area contributed by atoms with Crippen molar-refractivity contribution in [3.63, 3.8) is 0 Å². The first-order chi connectivity index (χ1) is 10.5. The van der Waals surface area contributed by atoms with E-state index in [0.29, 0.717) is 10.9 Å². The van der Waals surface area contributed by atoms with Crippen LogP contribution in [0.2, 0.25) is 0 Å². The predicted molar refractivity (Wildman–Crippen MR) is 84.4 cm³/mol. The summed E-state index contributed by atoms with van der Waals surface area (Å²) in [5.41, 5.74) is 1.55. The number of rotatable bonds is 5. The van der Waals surface area contributed by atoms with Crippen molar-refractivity contribution in [1.82, 2.24) is 5.32 Å². The van der Waals surface area contributed by atoms with Crippen molar-refractivity contribution in [2.75, 3.05) is 7.11 Å². The molecule has 0 unspecified atom stereocenters. The third-order valence-corrected chi connectivity index (χ3v) is 4.01. The average Bonchev–Trinajstić information content (AvgIpc) is 2.84. The van der Waals surface area contributed by atoms with Crippen LogP contribution in [-0.4, -0.2) is 40.2 Å². The van der Waals surface area contributed by atoms with E-state index in [0.717, 1.165) is 23.1 Å². The number of hydrogen-bond acceptors (Lipinski definition) is 6. The monoisotopic (exact) mass is 321 g/mol. The molecule has 1 aliphatic heterocycles. The van der Waals surface area contributed by atoms with Gasteiger partial charge in [-0.2, -0.15) is 5.10 Å². The fraction of sp³-hybridized carbons (Fsp3) is 0.286. The first-order valence-electron chi connectivity index (χ1n) is 6.45. The van der Waals surface area contributed by atoms with Gasteiger partial charge in [-0.1, -0.05) is 11.8 Å². The number of ether oxygens (including phenoxy) is 1. The third-order valence-electron chi connectivity index (χ3n) is 2.94. The Balaban J connectivity index is 2.06. The summed E-state index contributed by atoms with van der Waals surface area (Å²) in [6.45, 7) is 1.79. The number of nitrogens with one attached hydrogen (secondary N) is 1. The summed E-state index contributed by atoms with van der Waals surface area (Å²) in [6.07, 6.45) is -0.239. The standard InChI is InChI=1S/C14H15N3O4S/c1-8(9-3-5-10(21-2)6-4-9)16-17-14-15-13(20)11(22-14)7-12(18)19/h3-6,11H,7H2,1-2H3,(H,18,19)(H,15,17,20)/b16-8-/t11-/m1/s1. The highest BCUT2D eigenvalue weighted by molar-refractivity contribution is 8.15. The minimum Gasteiger partial charge on any atom is -0.497 e. The van der Waals surface area contributed by atoms with Gasteiger partial charge in [0.05, 0.1) is 19.2 Å². The highest BCUT2D eigenvalue weighted by Crippen LogP contribution is 2.22. The summed E-state index contributed by atoms with van der Waals surface area (Å²) >= 11 is 1.07. The number of amidine groups is 1. The third kappa shape index (κ3) is 4.08. The lowest BCUT2D eigenvalue weighted by atomic mass is 10.1. The van der Waals surface area contributed by atoms with E-state index in [4.69, 9.17) is 9.84 Å². The topological polar surface area (TPSA) is 100 Å². The Morgan fingerprint density at radius 1 is 1.41 bits per heavy atom. The van der Waals surface area contributed by atoms with Crippen LogP contribution in [0.25, 0.3) is 0 Å². The maximum atomic E-state index is 11.6. The average molecular weight is 321 g/mol. The van der Waals surface area contributed by atoms with E-state index in [9.17, 15) is 9.59 Å². The van der Waals surface area contributed by atoms with Gasteiger partial charge >= 0.3 is 5.97 Å². The summed E-state index contributed by atoms with van der Waals surface area (Å²) in [7, 11) is 1.59. The van der Waals surface area contributed by atoms with Crippen molar-refractivity contribution in [3.05, 3.63) is 29.8 Å². The van der Waals surface area contributed by atoms with Gasteiger partial charge in [0.25, 0.3) is 0 Å². The second kappa shape index (κ2) is 7.08. The lowest BCUT2D eigenvalue weighted by molar-refractivity contribution is -0.138. The fourth-order valence-corrected chi connectivity index (χ4v) is 2.66. The molecule has 1 fully saturated rings. The number of nitrogens with zero attached hydrogens (tertiary/aromatic N) is 2. The highest BCUT2D eigenvalue weighted by atomic mass is 32.2. The molecule has 0 spiro atoms. The number of carboxylic acid groups (broad SMARTS) is 1. The zero-order valence-corrected chi connectivity index (χ0v) is 12.9. The minimum absolute atomic E-state index is 0.239. The summed E-state index contributed by atoms with van der Waals surface area (Å²) in [4.78, 5) is 22.2. The molecule has 0 bridgehead atoms. The molecule has 2 rings (SSSR count). The Morgan fingerprint density at radius 3 is 2.68 bits per heavy atom. The van der Waals surface area contributed by atoms with Crippen LogP contribution in [0.15, 0.2) is 34.5 Å². The Morgan fingerprint density at radius 2 is 2.09 bits per heavy atom. The van der Waals surface area contributed by atoms with Crippen LogP contribution in [0.5, 0.6) is 5.75 Å². The maximum Gasteiger partial charge on any atom is 0.305 e. The first-order valence-corrected chi connectivity index (χ1v) is 7.33. The molecule has 1 amide bonds. The summed E-state index contributed by atoms with van der Waals surface area (Å²) in [6, 6.07) is 7.34. The summed E-state index contributed by atoms with van der Waals surface area (Å²) in [5, 5.41) is 18.9. The van der Waals surface area contributed by atoms with E-state index in [2.05, 4.69) is 15.5 Å². The van der Waals surface area contributed by atoms with Gasteiger partial charge in [0.15, 0.2) is 5.17 Å². The van der Waals surface area contributed by atoms with Gasteiger partial charge in [0, 0.05) is 0 Å². The highest BCUT2D eigenvalue weighted by Gasteiger charge is 2.32. The molecule has 0 aromatic heterocycles. The van der Waals surface area contributed by atoms with Gasteiger partial charge in [-0.15, -0.1) is 5.10 Å². The van der Waals surface area contributed by atoms with Crippen molar-refractivity contribution >= 4 is 34.5 Å². The second-order valence-electron chi connectivity index (χ2n) is 4.51. The van der Waals surface area contributed by atoms with E-state index in [-0.39, 0.29) is 12.3 Å². The number of carbonyl (C=O) groups is 2. The van der Waals surface area contributed by atoms with E-state index in [1.54, 1.807) is 14.0 Å². The molecule has 1 aliphatic rings. The normalized spacial score (nSPS) is 20.1. The molecule has 0 aliphatic carbocycles. The van der Waals surface area contributed by atoms with Gasteiger partial charge in [0.2, 0.25) is 5.91 Å². The van der Waals surface area contributed by atoms with Gasteiger partial charge in [0.1, 0.15) is 11.0 Å². The lowest BCUT2D eigenvalue weighted by Crippen LogP contribution is -2.26. The van der Waals surface area contributed by atoms with E-state index < -0.39 is 11.2 Å². The molecule has 116 valence electrons. The summed E-state index contributed by atoms with van der Waals surface area (Å²) in [5.74, 6) is -0.631. The first kappa shape index (κ1) is 16.0. The van der Waals surface area contributed by atoms with E-state index in [1.165, 1.54) is 0 Å². The molecular formula is C14H15N3O4S. The van der Waals surface area contributed by atoms with Crippen LogP contribution in [-0.2, 0) is 9.59 Å². The van der Waals surface area contributed by atoms with Crippen LogP contribution in [0.4, 0.5) is 0 Å². The van der Waals surface area contributed by atoms with Crippen LogP contribution < -0.4 is 10.1 Å². The Labute approximate surface area is 131 Å². The van der Waals surface area contributed by atoms with Crippen LogP contribution in [0.1, 0.15) is 18.9 Å². The Hall–Kier alpha value is -2.35. The van der Waals surface area contributed by atoms with Gasteiger partial charge in [-0.25, -0.2) is 0 Å². The number of amides is 1. The molecule has 0 saturated carbocycles. The molecular weight excluding hydrogens is 306 g/mol. The molecule has 2 N–H and O–H groups in total. The minimum atomic E-state index is -1.02. The predicted octanol–water partition coefficient (Wildman–Crippen LogP) is 1.48. The van der Waals surface area contributed by atoms with Crippen LogP contribution in [0, 0.1) is 0 Å². The van der Waals surface area contributed by atoms with Crippen molar-refractivity contribution in [1.29, 1.82) is 0 Å². The molecule has 1 saturated heterocycles. The largest absolute Gasteiger partial charge is 0.497 e. The number of carbonyl (C=O) groups excluding carboxylic acids is 1. The van der Waals surface area contributed by atoms with Crippen molar-refractivity contribution < 1.29 is 19.4 Å². The van der Waals surface area contributed by atoms with E-state index >= 15 is 0 Å². The summed E-state index contributed by atoms with van der Waals surface area (Å²) < 4.78 is 5.08. The molecule has 1 atom stereocenters. The Bertz CT molecular complexity index is 640. The number of carboxylic acids is 1. The number of hydrogen-bond donors (Lipinski definition) is 2. The number of aliphatic carboxylic acids is 1. The molecule has 7 nitrogen and oxygen atoms in total. The zero-order valence-electron chi connectivity index (χ0n) is 12.1. The molecule has 1 aromatic carbocycles. The molecule has 0 radical (unpaired) electrons. The molecule has 1 heterocycles. The van der Waals surface area contributed by atoms with Crippen LogP contribution >= 0.6 is 11.8 Å². The number of benzene rings is 1. The number of methoxy groups -OCH3 is 1. The lowest BCUT2D eigenvalue weighted by Gasteiger charge is -2.01. The fourth-order valence-electron chi connectivity index (χ4n) is 1.76. The number of thioether (sulfide) groups is 1. The molecule has 1 aromatic rings. The Kier molecular flexibility index (Phi) is 5.16. The molecule has 22 heavy (non-hydrogen) atoms. The second-order valence-corrected chi connectivity index (χ2v) is 5.70. The van der Waals surface area contributed by atoms with Crippen molar-refractivity contribution in [2.24, 2.45) is 10.2 Å². The zero-order chi connectivity index (χ0) is 16.1. The van der Waals surface area contributed by atoms with Gasteiger partial charge in [-0.3, -0.25) is 9.59 Å². The molecule has 8 heteroatoms. The van der Waals surface area contributed by atoms with Gasteiger partial charge < -0.3 is 15.2 Å². The quantitative estimate of drug-likeness (QED) is 0.632. The smallest absolute Gasteiger partial charge is 0.305 e. The van der Waals surface area contributed by atoms with E-state index in [1.807, 2.05) is 24.3 Å². The van der Waals surface area contributed by atoms with Gasteiger partial charge in [-0.05, 0) is 36.8 Å². The van der Waals surface area contributed by atoms with Crippen LogP contribution in [0.3, 0.4) is 0 Å². The van der Waals surface area contributed by atoms with Crippen molar-refractivity contribution in [2.45, 2.75) is 18.6 Å². The van der Waals surface area contributed by atoms with Crippen molar-refractivity contribution in [3.8, 4) is 5.75 Å².